The first-order valence-corrected chi connectivity index (χ1v) is 10.4. The zero-order valence-electron chi connectivity index (χ0n) is 15.8. The molecule has 0 spiro atoms. The first-order chi connectivity index (χ1) is 14.6. The second-order valence-corrected chi connectivity index (χ2v) is 8.13. The number of fused-ring (bicyclic) bond motifs is 2. The van der Waals surface area contributed by atoms with Crippen molar-refractivity contribution in [3.05, 3.63) is 75.7 Å². The van der Waals surface area contributed by atoms with E-state index in [4.69, 9.17) is 23.2 Å². The van der Waals surface area contributed by atoms with Crippen molar-refractivity contribution in [1.29, 1.82) is 0 Å². The summed E-state index contributed by atoms with van der Waals surface area (Å²) in [6.07, 6.45) is 6.12. The minimum Gasteiger partial charge on any atom is -0.345 e. The predicted molar refractivity (Wildman–Crippen MR) is 117 cm³/mol. The molecule has 0 saturated heterocycles. The number of aromatic nitrogens is 4. The molecule has 5 rings (SSSR count). The van der Waals surface area contributed by atoms with Gasteiger partial charge in [-0.05, 0) is 54.7 Å². The molecule has 2 heterocycles. The molecule has 2 N–H and O–H groups in total. The molecule has 1 unspecified atom stereocenters. The standard InChI is InChI=1S/C22H17Cl2N5O/c23-17-7-5-14(9-18(17)24)22(30)28-19-3-1-2-12-8-13(4-6-15(12)19)20-16-10-27-29-21(16)26-11-25-20/h4-11,19H,1-3H2,(H,28,30)(H,25,26,27,29). The molecule has 0 aliphatic heterocycles. The van der Waals surface area contributed by atoms with Crippen LogP contribution < -0.4 is 5.32 Å². The van der Waals surface area contributed by atoms with Crippen molar-refractivity contribution in [2.45, 2.75) is 25.3 Å². The van der Waals surface area contributed by atoms with E-state index in [2.05, 4.69) is 37.6 Å². The Morgan fingerprint density at radius 1 is 1.10 bits per heavy atom. The first-order valence-electron chi connectivity index (χ1n) is 9.63. The number of hydrogen-bond donors (Lipinski definition) is 2. The molecular weight excluding hydrogens is 421 g/mol. The van der Waals surface area contributed by atoms with Crippen LogP contribution in [-0.2, 0) is 6.42 Å². The van der Waals surface area contributed by atoms with E-state index in [-0.39, 0.29) is 11.9 Å². The van der Waals surface area contributed by atoms with Gasteiger partial charge in [-0.2, -0.15) is 5.10 Å². The van der Waals surface area contributed by atoms with Crippen LogP contribution in [0.25, 0.3) is 22.3 Å². The number of aromatic amines is 1. The maximum absolute atomic E-state index is 12.8. The van der Waals surface area contributed by atoms with Crippen molar-refractivity contribution >= 4 is 40.1 Å². The largest absolute Gasteiger partial charge is 0.345 e. The number of amides is 1. The van der Waals surface area contributed by atoms with Crippen molar-refractivity contribution in [2.24, 2.45) is 0 Å². The molecular formula is C22H17Cl2N5O. The van der Waals surface area contributed by atoms with Crippen LogP contribution in [0.15, 0.2) is 48.9 Å². The van der Waals surface area contributed by atoms with Gasteiger partial charge in [-0.25, -0.2) is 9.97 Å². The highest BCUT2D eigenvalue weighted by Gasteiger charge is 2.23. The third kappa shape index (κ3) is 3.42. The predicted octanol–water partition coefficient (Wildman–Crippen LogP) is 5.13. The molecule has 0 radical (unpaired) electrons. The molecule has 1 aliphatic rings. The fourth-order valence-corrected chi connectivity index (χ4v) is 4.28. The highest BCUT2D eigenvalue weighted by atomic mass is 35.5. The summed E-state index contributed by atoms with van der Waals surface area (Å²) in [5.41, 5.74) is 5.42. The highest BCUT2D eigenvalue weighted by molar-refractivity contribution is 6.42. The molecule has 150 valence electrons. The van der Waals surface area contributed by atoms with Crippen LogP contribution in [0.4, 0.5) is 0 Å². The fraction of sp³-hybridized carbons (Fsp3) is 0.182. The number of nitrogens with one attached hydrogen (secondary N) is 2. The summed E-state index contributed by atoms with van der Waals surface area (Å²) in [6.45, 7) is 0. The number of rotatable bonds is 3. The lowest BCUT2D eigenvalue weighted by atomic mass is 9.86. The third-order valence-electron chi connectivity index (χ3n) is 5.47. The lowest BCUT2D eigenvalue weighted by molar-refractivity contribution is 0.0933. The van der Waals surface area contributed by atoms with E-state index < -0.39 is 0 Å². The summed E-state index contributed by atoms with van der Waals surface area (Å²) in [5, 5.41) is 11.8. The lowest BCUT2D eigenvalue weighted by Crippen LogP contribution is -2.31. The van der Waals surface area contributed by atoms with Gasteiger partial charge in [0, 0.05) is 11.1 Å². The van der Waals surface area contributed by atoms with E-state index in [0.717, 1.165) is 41.5 Å². The Hall–Kier alpha value is -2.96. The second-order valence-electron chi connectivity index (χ2n) is 7.32. The van der Waals surface area contributed by atoms with Gasteiger partial charge >= 0.3 is 0 Å². The van der Waals surface area contributed by atoms with Gasteiger partial charge in [-0.1, -0.05) is 35.3 Å². The number of carbonyl (C=O) groups excluding carboxylic acids is 1. The molecule has 0 fully saturated rings. The topological polar surface area (TPSA) is 83.6 Å². The molecule has 1 amide bonds. The molecule has 0 saturated carbocycles. The monoisotopic (exact) mass is 437 g/mol. The molecule has 2 aromatic heterocycles. The van der Waals surface area contributed by atoms with Crippen LogP contribution in [-0.4, -0.2) is 26.1 Å². The zero-order valence-corrected chi connectivity index (χ0v) is 17.3. The Morgan fingerprint density at radius 2 is 2.00 bits per heavy atom. The number of hydrogen-bond acceptors (Lipinski definition) is 4. The van der Waals surface area contributed by atoms with Gasteiger partial charge < -0.3 is 5.32 Å². The van der Waals surface area contributed by atoms with Gasteiger partial charge in [0.2, 0.25) is 0 Å². The van der Waals surface area contributed by atoms with E-state index in [9.17, 15) is 4.79 Å². The van der Waals surface area contributed by atoms with Gasteiger partial charge in [0.25, 0.3) is 5.91 Å². The molecule has 0 bridgehead atoms. The molecule has 8 heteroatoms. The Bertz CT molecular complexity index is 1270. The summed E-state index contributed by atoms with van der Waals surface area (Å²) >= 11 is 12.0. The summed E-state index contributed by atoms with van der Waals surface area (Å²) in [4.78, 5) is 21.4. The molecule has 1 atom stereocenters. The molecule has 4 aromatic rings. The van der Waals surface area contributed by atoms with Crippen LogP contribution >= 0.6 is 23.2 Å². The number of carbonyl (C=O) groups is 1. The maximum Gasteiger partial charge on any atom is 0.251 e. The Kier molecular flexibility index (Phi) is 4.89. The van der Waals surface area contributed by atoms with Gasteiger partial charge in [0.05, 0.1) is 33.4 Å². The van der Waals surface area contributed by atoms with Gasteiger partial charge in [-0.3, -0.25) is 9.89 Å². The molecule has 6 nitrogen and oxygen atoms in total. The Balaban J connectivity index is 1.44. The zero-order chi connectivity index (χ0) is 20.7. The average molecular weight is 438 g/mol. The van der Waals surface area contributed by atoms with Crippen molar-refractivity contribution in [1.82, 2.24) is 25.5 Å². The first kappa shape index (κ1) is 19.0. The summed E-state index contributed by atoms with van der Waals surface area (Å²) in [6, 6.07) is 11.1. The number of nitrogens with zero attached hydrogens (tertiary/aromatic N) is 3. The summed E-state index contributed by atoms with van der Waals surface area (Å²) in [5.74, 6) is -0.161. The third-order valence-corrected chi connectivity index (χ3v) is 6.20. The van der Waals surface area contributed by atoms with E-state index in [1.54, 1.807) is 24.4 Å². The molecule has 30 heavy (non-hydrogen) atoms. The normalized spacial score (nSPS) is 15.7. The van der Waals surface area contributed by atoms with Gasteiger partial charge in [0.15, 0.2) is 5.65 Å². The van der Waals surface area contributed by atoms with Crippen molar-refractivity contribution < 1.29 is 4.79 Å². The number of benzene rings is 2. The van der Waals surface area contributed by atoms with Crippen LogP contribution in [0.3, 0.4) is 0 Å². The SMILES string of the molecule is O=C(NC1CCCc2cc(-c3ncnc4[nH]ncc34)ccc21)c1ccc(Cl)c(Cl)c1. The van der Waals surface area contributed by atoms with Gasteiger partial charge in [0.1, 0.15) is 6.33 Å². The fourth-order valence-electron chi connectivity index (χ4n) is 3.99. The quantitative estimate of drug-likeness (QED) is 0.464. The smallest absolute Gasteiger partial charge is 0.251 e. The molecule has 1 aliphatic carbocycles. The minimum absolute atomic E-state index is 0.0518. The Morgan fingerprint density at radius 3 is 2.87 bits per heavy atom. The minimum atomic E-state index is -0.161. The van der Waals surface area contributed by atoms with Crippen molar-refractivity contribution in [3.8, 4) is 11.3 Å². The average Bonchev–Trinajstić information content (AvgIpc) is 3.24. The van der Waals surface area contributed by atoms with Crippen LogP contribution in [0.5, 0.6) is 0 Å². The highest BCUT2D eigenvalue weighted by Crippen LogP contribution is 2.34. The van der Waals surface area contributed by atoms with Crippen LogP contribution in [0.2, 0.25) is 10.0 Å². The number of H-pyrrole nitrogens is 1. The van der Waals surface area contributed by atoms with E-state index >= 15 is 0 Å². The van der Waals surface area contributed by atoms with Crippen LogP contribution in [0.1, 0.15) is 40.4 Å². The van der Waals surface area contributed by atoms with E-state index in [0.29, 0.717) is 21.3 Å². The van der Waals surface area contributed by atoms with Crippen LogP contribution in [0, 0.1) is 0 Å². The van der Waals surface area contributed by atoms with E-state index in [1.807, 2.05) is 6.07 Å². The van der Waals surface area contributed by atoms with Gasteiger partial charge in [-0.15, -0.1) is 0 Å². The second kappa shape index (κ2) is 7.70. The lowest BCUT2D eigenvalue weighted by Gasteiger charge is -2.27. The van der Waals surface area contributed by atoms with Crippen molar-refractivity contribution in [3.63, 3.8) is 0 Å². The Labute approximate surface area is 182 Å². The van der Waals surface area contributed by atoms with E-state index in [1.165, 1.54) is 11.9 Å². The summed E-state index contributed by atoms with van der Waals surface area (Å²) < 4.78 is 0. The number of aryl methyl sites for hydroxylation is 1. The number of halogens is 2. The van der Waals surface area contributed by atoms with Crippen molar-refractivity contribution in [2.75, 3.05) is 0 Å². The molecule has 2 aromatic carbocycles. The maximum atomic E-state index is 12.8. The summed E-state index contributed by atoms with van der Waals surface area (Å²) in [7, 11) is 0.